The lowest BCUT2D eigenvalue weighted by molar-refractivity contribution is -0.119. The molecule has 0 aliphatic carbocycles. The maximum absolute atomic E-state index is 10.9. The van der Waals surface area contributed by atoms with Crippen LogP contribution in [0.4, 0.5) is 0 Å². The summed E-state index contributed by atoms with van der Waals surface area (Å²) < 4.78 is 0. The van der Waals surface area contributed by atoms with E-state index >= 15 is 0 Å². The third-order valence-corrected chi connectivity index (χ3v) is 2.90. The topological polar surface area (TPSA) is 44.9 Å². The number of hydrogen-bond acceptors (Lipinski definition) is 1. The summed E-state index contributed by atoms with van der Waals surface area (Å²) in [6.45, 7) is 6.45. The fourth-order valence-corrected chi connectivity index (χ4v) is 1.88. The minimum atomic E-state index is -0.00785. The molecule has 90 valence electrons. The molecule has 1 amide bonds. The van der Waals surface area contributed by atoms with Crippen LogP contribution in [0.15, 0.2) is 24.3 Å². The Kier molecular flexibility index (Phi) is 3.18. The summed E-state index contributed by atoms with van der Waals surface area (Å²) in [6, 6.07) is 8.54. The Bertz CT molecular complexity index is 540. The summed E-state index contributed by atoms with van der Waals surface area (Å²) in [5, 5.41) is 3.98. The van der Waals surface area contributed by atoms with Gasteiger partial charge in [-0.2, -0.15) is 0 Å². The van der Waals surface area contributed by atoms with Gasteiger partial charge in [0, 0.05) is 18.1 Å². The van der Waals surface area contributed by atoms with Crippen molar-refractivity contribution in [2.75, 3.05) is 0 Å². The van der Waals surface area contributed by atoms with Gasteiger partial charge in [-0.15, -0.1) is 0 Å². The second kappa shape index (κ2) is 4.62. The molecule has 0 aliphatic rings. The number of carbonyl (C=O) groups excluding carboxylic acids is 1. The lowest BCUT2D eigenvalue weighted by atomic mass is 10.0. The quantitative estimate of drug-likeness (QED) is 0.836. The summed E-state index contributed by atoms with van der Waals surface area (Å²) in [5.41, 5.74) is 3.50. The Balaban J connectivity index is 2.27. The first kappa shape index (κ1) is 11.7. The Morgan fingerprint density at radius 1 is 1.35 bits per heavy atom. The van der Waals surface area contributed by atoms with Crippen molar-refractivity contribution in [3.63, 3.8) is 0 Å². The van der Waals surface area contributed by atoms with Crippen LogP contribution in [0.2, 0.25) is 0 Å². The summed E-state index contributed by atoms with van der Waals surface area (Å²) >= 11 is 0. The van der Waals surface area contributed by atoms with E-state index in [-0.39, 0.29) is 5.91 Å². The minimum absolute atomic E-state index is 0.00785. The monoisotopic (exact) mass is 230 g/mol. The molecular weight excluding hydrogens is 212 g/mol. The van der Waals surface area contributed by atoms with Gasteiger partial charge in [0.2, 0.25) is 5.91 Å². The SMILES string of the molecule is CC(=O)NCc1cc2ccc(C(C)C)cc2[nH]1. The number of carbonyl (C=O) groups is 1. The number of benzene rings is 1. The van der Waals surface area contributed by atoms with E-state index in [0.29, 0.717) is 12.5 Å². The van der Waals surface area contributed by atoms with E-state index in [1.54, 1.807) is 0 Å². The van der Waals surface area contributed by atoms with E-state index in [0.717, 1.165) is 11.2 Å². The molecule has 0 radical (unpaired) electrons. The first-order valence-corrected chi connectivity index (χ1v) is 5.92. The van der Waals surface area contributed by atoms with E-state index in [9.17, 15) is 4.79 Å². The zero-order chi connectivity index (χ0) is 12.4. The molecule has 1 aromatic heterocycles. The molecule has 0 spiro atoms. The molecule has 0 atom stereocenters. The van der Waals surface area contributed by atoms with Crippen LogP contribution in [0, 0.1) is 0 Å². The van der Waals surface area contributed by atoms with Crippen molar-refractivity contribution in [1.29, 1.82) is 0 Å². The zero-order valence-corrected chi connectivity index (χ0v) is 10.5. The molecule has 1 heterocycles. The van der Waals surface area contributed by atoms with E-state index in [1.165, 1.54) is 17.9 Å². The van der Waals surface area contributed by atoms with Gasteiger partial charge in [-0.05, 0) is 29.0 Å². The number of amides is 1. The molecule has 3 heteroatoms. The maximum Gasteiger partial charge on any atom is 0.217 e. The van der Waals surface area contributed by atoms with Gasteiger partial charge in [-0.1, -0.05) is 26.0 Å². The third-order valence-electron chi connectivity index (χ3n) is 2.90. The molecule has 0 aliphatic heterocycles. The number of hydrogen-bond donors (Lipinski definition) is 2. The van der Waals surface area contributed by atoms with Crippen LogP contribution in [-0.2, 0) is 11.3 Å². The molecule has 0 bridgehead atoms. The smallest absolute Gasteiger partial charge is 0.217 e. The summed E-state index contributed by atoms with van der Waals surface area (Å²) in [5.74, 6) is 0.521. The minimum Gasteiger partial charge on any atom is -0.357 e. The van der Waals surface area contributed by atoms with E-state index in [4.69, 9.17) is 0 Å². The first-order valence-electron chi connectivity index (χ1n) is 5.92. The van der Waals surface area contributed by atoms with Crippen molar-refractivity contribution in [1.82, 2.24) is 10.3 Å². The van der Waals surface area contributed by atoms with Crippen molar-refractivity contribution in [2.45, 2.75) is 33.2 Å². The van der Waals surface area contributed by atoms with Crippen molar-refractivity contribution >= 4 is 16.8 Å². The van der Waals surface area contributed by atoms with Crippen molar-refractivity contribution in [3.05, 3.63) is 35.5 Å². The lowest BCUT2D eigenvalue weighted by Gasteiger charge is -2.04. The summed E-state index contributed by atoms with van der Waals surface area (Å²) in [7, 11) is 0. The Hall–Kier alpha value is -1.77. The third kappa shape index (κ3) is 2.67. The predicted molar refractivity (Wildman–Crippen MR) is 69.9 cm³/mol. The van der Waals surface area contributed by atoms with Crippen LogP contribution in [-0.4, -0.2) is 10.9 Å². The number of rotatable bonds is 3. The van der Waals surface area contributed by atoms with Gasteiger partial charge in [0.1, 0.15) is 0 Å². The lowest BCUT2D eigenvalue weighted by Crippen LogP contribution is -2.18. The molecule has 0 unspecified atom stereocenters. The van der Waals surface area contributed by atoms with E-state index in [1.807, 2.05) is 0 Å². The van der Waals surface area contributed by atoms with Crippen LogP contribution in [0.3, 0.4) is 0 Å². The largest absolute Gasteiger partial charge is 0.357 e. The number of fused-ring (bicyclic) bond motifs is 1. The van der Waals surface area contributed by atoms with Gasteiger partial charge < -0.3 is 10.3 Å². The molecule has 17 heavy (non-hydrogen) atoms. The molecule has 2 rings (SSSR count). The van der Waals surface area contributed by atoms with Crippen LogP contribution in [0.5, 0.6) is 0 Å². The second-order valence-electron chi connectivity index (χ2n) is 4.71. The van der Waals surface area contributed by atoms with Gasteiger partial charge in [0.25, 0.3) is 0 Å². The van der Waals surface area contributed by atoms with Gasteiger partial charge >= 0.3 is 0 Å². The van der Waals surface area contributed by atoms with Gasteiger partial charge in [0.15, 0.2) is 0 Å². The molecule has 0 fully saturated rings. The Morgan fingerprint density at radius 3 is 2.76 bits per heavy atom. The maximum atomic E-state index is 10.9. The number of aromatic amines is 1. The van der Waals surface area contributed by atoms with Gasteiger partial charge in [-0.25, -0.2) is 0 Å². The predicted octanol–water partition coefficient (Wildman–Crippen LogP) is 2.93. The number of aromatic nitrogens is 1. The van der Waals surface area contributed by atoms with Crippen LogP contribution < -0.4 is 5.32 Å². The molecule has 1 aromatic carbocycles. The highest BCUT2D eigenvalue weighted by atomic mass is 16.1. The number of H-pyrrole nitrogens is 1. The van der Waals surface area contributed by atoms with Crippen molar-refractivity contribution < 1.29 is 4.79 Å². The van der Waals surface area contributed by atoms with Crippen LogP contribution in [0.25, 0.3) is 10.9 Å². The van der Waals surface area contributed by atoms with Crippen molar-refractivity contribution in [3.8, 4) is 0 Å². The van der Waals surface area contributed by atoms with Crippen molar-refractivity contribution in [2.24, 2.45) is 0 Å². The fraction of sp³-hybridized carbons (Fsp3) is 0.357. The van der Waals surface area contributed by atoms with Crippen LogP contribution >= 0.6 is 0 Å². The highest BCUT2D eigenvalue weighted by molar-refractivity contribution is 5.81. The molecule has 0 saturated heterocycles. The fourth-order valence-electron chi connectivity index (χ4n) is 1.88. The molecule has 3 nitrogen and oxygen atoms in total. The van der Waals surface area contributed by atoms with E-state index in [2.05, 4.69) is 48.4 Å². The standard InChI is InChI=1S/C14H18N2O/c1-9(2)11-4-5-12-6-13(8-15-10(3)17)16-14(12)7-11/h4-7,9,16H,8H2,1-3H3,(H,15,17). The molecule has 0 saturated carbocycles. The highest BCUT2D eigenvalue weighted by Crippen LogP contribution is 2.21. The van der Waals surface area contributed by atoms with Gasteiger partial charge in [0.05, 0.1) is 6.54 Å². The Morgan fingerprint density at radius 2 is 2.12 bits per heavy atom. The zero-order valence-electron chi connectivity index (χ0n) is 10.5. The van der Waals surface area contributed by atoms with Gasteiger partial charge in [-0.3, -0.25) is 4.79 Å². The Labute approximate surface area is 101 Å². The molecule has 2 aromatic rings. The second-order valence-corrected chi connectivity index (χ2v) is 4.71. The average molecular weight is 230 g/mol. The average Bonchev–Trinajstić information content (AvgIpc) is 2.67. The highest BCUT2D eigenvalue weighted by Gasteiger charge is 2.04. The summed E-state index contributed by atoms with van der Waals surface area (Å²) in [6.07, 6.45) is 0. The summed E-state index contributed by atoms with van der Waals surface area (Å²) in [4.78, 5) is 14.2. The number of nitrogens with one attached hydrogen (secondary N) is 2. The van der Waals surface area contributed by atoms with E-state index < -0.39 is 0 Å². The normalized spacial score (nSPS) is 11.1. The molecular formula is C14H18N2O. The molecule has 2 N–H and O–H groups in total. The first-order chi connectivity index (χ1) is 8.06. The van der Waals surface area contributed by atoms with Crippen LogP contribution in [0.1, 0.15) is 37.9 Å².